The van der Waals surface area contributed by atoms with Crippen molar-refractivity contribution in [1.82, 2.24) is 4.98 Å². The van der Waals surface area contributed by atoms with Crippen LogP contribution in [0.25, 0.3) is 0 Å². The number of nitrogens with one attached hydrogen (secondary N) is 1. The summed E-state index contributed by atoms with van der Waals surface area (Å²) in [5.74, 6) is -0.0733. The number of nitrogen functional groups attached to an aromatic ring is 1. The van der Waals surface area contributed by atoms with Gasteiger partial charge in [-0.1, -0.05) is 0 Å². The quantitative estimate of drug-likeness (QED) is 0.839. The van der Waals surface area contributed by atoms with E-state index in [1.54, 1.807) is 0 Å². The Labute approximate surface area is 123 Å². The third kappa shape index (κ3) is 3.42. The lowest BCUT2D eigenvalue weighted by Crippen LogP contribution is -2.09. The smallest absolute Gasteiger partial charge is 0.341 e. The maximum absolute atomic E-state index is 11.8. The summed E-state index contributed by atoms with van der Waals surface area (Å²) < 4.78 is 4.74. The summed E-state index contributed by atoms with van der Waals surface area (Å²) >= 11 is 0. The molecule has 0 spiro atoms. The average Bonchev–Trinajstić information content (AvgIpc) is 2.48. The molecule has 3 N–H and O–H groups in total. The number of nitrogens with two attached hydrogens (primary N) is 1. The molecule has 110 valence electrons. The Kier molecular flexibility index (Phi) is 4.27. The van der Waals surface area contributed by atoms with Gasteiger partial charge in [-0.15, -0.1) is 0 Å². The molecule has 0 saturated heterocycles. The number of carbonyl (C=O) groups is 1. The van der Waals surface area contributed by atoms with Gasteiger partial charge in [0.1, 0.15) is 11.4 Å². The van der Waals surface area contributed by atoms with E-state index in [9.17, 15) is 4.79 Å². The number of anilines is 4. The van der Waals surface area contributed by atoms with E-state index in [-0.39, 0.29) is 0 Å². The van der Waals surface area contributed by atoms with E-state index >= 15 is 0 Å². The van der Waals surface area contributed by atoms with Gasteiger partial charge in [-0.3, -0.25) is 0 Å². The van der Waals surface area contributed by atoms with Crippen LogP contribution in [-0.2, 0) is 4.74 Å². The molecule has 0 aliphatic rings. The lowest BCUT2D eigenvalue weighted by molar-refractivity contribution is 0.0601. The summed E-state index contributed by atoms with van der Waals surface area (Å²) in [7, 11) is 5.26. The van der Waals surface area contributed by atoms with Crippen molar-refractivity contribution < 1.29 is 9.53 Å². The first-order chi connectivity index (χ1) is 10.0. The Morgan fingerprint density at radius 1 is 1.29 bits per heavy atom. The molecule has 6 nitrogen and oxygen atoms in total. The van der Waals surface area contributed by atoms with Gasteiger partial charge in [0.25, 0.3) is 0 Å². The maximum Gasteiger partial charge on any atom is 0.341 e. The molecule has 0 amide bonds. The van der Waals surface area contributed by atoms with Gasteiger partial charge in [-0.25, -0.2) is 9.78 Å². The number of aromatic nitrogens is 1. The van der Waals surface area contributed by atoms with Crippen LogP contribution in [0.2, 0.25) is 0 Å². The number of esters is 1. The highest BCUT2D eigenvalue weighted by atomic mass is 16.5. The van der Waals surface area contributed by atoms with Gasteiger partial charge in [-0.2, -0.15) is 0 Å². The van der Waals surface area contributed by atoms with Gasteiger partial charge < -0.3 is 20.7 Å². The number of pyridine rings is 1. The number of benzene rings is 1. The van der Waals surface area contributed by atoms with Gasteiger partial charge in [-0.05, 0) is 30.3 Å². The molecule has 0 fully saturated rings. The first kappa shape index (κ1) is 14.6. The van der Waals surface area contributed by atoms with E-state index in [1.807, 2.05) is 43.3 Å². The fourth-order valence-corrected chi connectivity index (χ4v) is 1.83. The lowest BCUT2D eigenvalue weighted by Gasteiger charge is -2.14. The highest BCUT2D eigenvalue weighted by Gasteiger charge is 2.14. The summed E-state index contributed by atoms with van der Waals surface area (Å²) in [6.45, 7) is 0. The summed E-state index contributed by atoms with van der Waals surface area (Å²) in [6, 6.07) is 9.30. The number of nitrogens with zero attached hydrogens (tertiary/aromatic N) is 2. The van der Waals surface area contributed by atoms with Crippen molar-refractivity contribution in [2.24, 2.45) is 0 Å². The maximum atomic E-state index is 11.8. The fourth-order valence-electron chi connectivity index (χ4n) is 1.83. The minimum Gasteiger partial charge on any atom is -0.465 e. The molecule has 2 aromatic rings. The second-order valence-corrected chi connectivity index (χ2v) is 4.72. The molecule has 1 aromatic heterocycles. The zero-order valence-electron chi connectivity index (χ0n) is 12.3. The molecule has 0 atom stereocenters. The van der Waals surface area contributed by atoms with Crippen molar-refractivity contribution in [3.05, 3.63) is 42.1 Å². The molecule has 0 aliphatic carbocycles. The van der Waals surface area contributed by atoms with Gasteiger partial charge >= 0.3 is 5.97 Å². The molecule has 1 heterocycles. The number of ether oxygens (including phenoxy) is 1. The van der Waals surface area contributed by atoms with E-state index in [0.29, 0.717) is 17.1 Å². The van der Waals surface area contributed by atoms with Crippen LogP contribution in [0.5, 0.6) is 0 Å². The van der Waals surface area contributed by atoms with Crippen molar-refractivity contribution in [3.8, 4) is 0 Å². The SMILES string of the molecule is COC(=O)c1cc(N)cnc1Nc1ccc(N(C)C)cc1. The third-order valence-electron chi connectivity index (χ3n) is 2.96. The molecule has 0 aliphatic heterocycles. The Hall–Kier alpha value is -2.76. The summed E-state index contributed by atoms with van der Waals surface area (Å²) in [5.41, 5.74) is 8.27. The molecule has 0 saturated carbocycles. The largest absolute Gasteiger partial charge is 0.465 e. The molecular formula is C15H18N4O2. The molecule has 6 heteroatoms. The number of methoxy groups -OCH3 is 1. The Bertz CT molecular complexity index is 639. The van der Waals surface area contributed by atoms with Gasteiger partial charge in [0.05, 0.1) is 19.0 Å². The van der Waals surface area contributed by atoms with Crippen molar-refractivity contribution in [2.75, 3.05) is 37.2 Å². The van der Waals surface area contributed by atoms with Crippen LogP contribution in [0.4, 0.5) is 22.9 Å². The van der Waals surface area contributed by atoms with Crippen LogP contribution in [0.15, 0.2) is 36.5 Å². The van der Waals surface area contributed by atoms with E-state index in [1.165, 1.54) is 19.4 Å². The number of hydrogen-bond donors (Lipinski definition) is 2. The van der Waals surface area contributed by atoms with Crippen LogP contribution in [0.1, 0.15) is 10.4 Å². The molecule has 0 unspecified atom stereocenters. The standard InChI is InChI=1S/C15H18N4O2/c1-19(2)12-6-4-11(5-7-12)18-14-13(15(20)21-3)8-10(16)9-17-14/h4-9H,16H2,1-3H3,(H,17,18). The van der Waals surface area contributed by atoms with Crippen LogP contribution in [0, 0.1) is 0 Å². The van der Waals surface area contributed by atoms with E-state index in [4.69, 9.17) is 10.5 Å². The van der Waals surface area contributed by atoms with Crippen molar-refractivity contribution in [3.63, 3.8) is 0 Å². The van der Waals surface area contributed by atoms with Crippen LogP contribution in [0.3, 0.4) is 0 Å². The topological polar surface area (TPSA) is 80.5 Å². The Morgan fingerprint density at radius 2 is 1.95 bits per heavy atom. The van der Waals surface area contributed by atoms with Crippen LogP contribution < -0.4 is 16.0 Å². The average molecular weight is 286 g/mol. The minimum atomic E-state index is -0.484. The fraction of sp³-hybridized carbons (Fsp3) is 0.200. The van der Waals surface area contributed by atoms with Crippen molar-refractivity contribution >= 4 is 28.8 Å². The molecule has 0 bridgehead atoms. The first-order valence-corrected chi connectivity index (χ1v) is 6.39. The van der Waals surface area contributed by atoms with Crippen molar-refractivity contribution in [1.29, 1.82) is 0 Å². The van der Waals surface area contributed by atoms with E-state index in [2.05, 4.69) is 10.3 Å². The number of carbonyl (C=O) groups excluding carboxylic acids is 1. The van der Waals surface area contributed by atoms with E-state index < -0.39 is 5.97 Å². The summed E-state index contributed by atoms with van der Waals surface area (Å²) in [6.07, 6.45) is 1.49. The second kappa shape index (κ2) is 6.13. The molecule has 21 heavy (non-hydrogen) atoms. The number of hydrogen-bond acceptors (Lipinski definition) is 6. The number of rotatable bonds is 4. The second-order valence-electron chi connectivity index (χ2n) is 4.72. The molecule has 0 radical (unpaired) electrons. The zero-order chi connectivity index (χ0) is 15.4. The van der Waals surface area contributed by atoms with Crippen LogP contribution in [-0.4, -0.2) is 32.2 Å². The minimum absolute atomic E-state index is 0.300. The zero-order valence-corrected chi connectivity index (χ0v) is 12.3. The van der Waals surface area contributed by atoms with Crippen molar-refractivity contribution in [2.45, 2.75) is 0 Å². The van der Waals surface area contributed by atoms with Gasteiger partial charge in [0, 0.05) is 25.5 Å². The van der Waals surface area contributed by atoms with Gasteiger partial charge in [0.15, 0.2) is 0 Å². The Morgan fingerprint density at radius 3 is 2.52 bits per heavy atom. The lowest BCUT2D eigenvalue weighted by atomic mass is 10.2. The first-order valence-electron chi connectivity index (χ1n) is 6.39. The highest BCUT2D eigenvalue weighted by molar-refractivity contribution is 5.96. The molecule has 1 aromatic carbocycles. The highest BCUT2D eigenvalue weighted by Crippen LogP contribution is 2.23. The normalized spacial score (nSPS) is 10.0. The Balaban J connectivity index is 2.28. The predicted molar refractivity (Wildman–Crippen MR) is 84.0 cm³/mol. The predicted octanol–water partition coefficient (Wildman–Crippen LogP) is 2.26. The molecular weight excluding hydrogens is 268 g/mol. The third-order valence-corrected chi connectivity index (χ3v) is 2.96. The summed E-state index contributed by atoms with van der Waals surface area (Å²) in [5, 5.41) is 3.10. The van der Waals surface area contributed by atoms with E-state index in [0.717, 1.165) is 11.4 Å². The van der Waals surface area contributed by atoms with Crippen LogP contribution >= 0.6 is 0 Å². The van der Waals surface area contributed by atoms with Gasteiger partial charge in [0.2, 0.25) is 0 Å². The summed E-state index contributed by atoms with van der Waals surface area (Å²) in [4.78, 5) is 17.9. The monoisotopic (exact) mass is 286 g/mol. The molecule has 2 rings (SSSR count).